The Morgan fingerprint density at radius 1 is 0.500 bits per heavy atom. The normalized spacial score (nSPS) is 12.6. The molecule has 0 saturated heterocycles. The lowest BCUT2D eigenvalue weighted by atomic mass is 10.1. The van der Waals surface area contributed by atoms with Crippen LogP contribution >= 0.6 is 16.8 Å². The molecule has 6 heteroatoms. The molecule has 0 heterocycles. The van der Waals surface area contributed by atoms with Gasteiger partial charge in [0.25, 0.3) is 0 Å². The summed E-state index contributed by atoms with van der Waals surface area (Å²) in [5, 5.41) is 4.50. The third kappa shape index (κ3) is 7.34. The van der Waals surface area contributed by atoms with Gasteiger partial charge in [0.15, 0.2) is 0 Å². The molecule has 2 aromatic carbocycles. The van der Waals surface area contributed by atoms with Gasteiger partial charge in [-0.3, -0.25) is 0 Å². The van der Waals surface area contributed by atoms with Gasteiger partial charge >= 0.3 is 0 Å². The van der Waals surface area contributed by atoms with Crippen LogP contribution in [0.5, 0.6) is 0 Å². The van der Waals surface area contributed by atoms with Crippen molar-refractivity contribution in [3.8, 4) is 0 Å². The standard InChI is InChI=1S/C22H34O4P2/c1-15(2)23-27(24-16(3)4)21-11-9-19-10-12-22(14-20(19)13-21)28(25-17(5)6)26-18(7)8/h9-18H,1-8H3. The van der Waals surface area contributed by atoms with Crippen LogP contribution in [0.1, 0.15) is 55.4 Å². The van der Waals surface area contributed by atoms with Gasteiger partial charge in [-0.15, -0.1) is 0 Å². The largest absolute Gasteiger partial charge is 0.328 e. The van der Waals surface area contributed by atoms with Crippen molar-refractivity contribution in [2.24, 2.45) is 0 Å². The summed E-state index contributed by atoms with van der Waals surface area (Å²) in [6.45, 7) is 16.3. The SMILES string of the molecule is CC(C)OP(OC(C)C)c1ccc2ccc(P(OC(C)C)OC(C)C)cc2c1. The fraction of sp³-hybridized carbons (Fsp3) is 0.545. The maximum Gasteiger partial charge on any atom is 0.205 e. The molecule has 2 rings (SSSR count). The summed E-state index contributed by atoms with van der Waals surface area (Å²) in [5.41, 5.74) is 0. The Morgan fingerprint density at radius 2 is 0.821 bits per heavy atom. The van der Waals surface area contributed by atoms with Crippen molar-refractivity contribution in [2.75, 3.05) is 0 Å². The Labute approximate surface area is 172 Å². The first-order chi connectivity index (χ1) is 13.2. The molecular weight excluding hydrogens is 390 g/mol. The molecule has 0 bridgehead atoms. The second-order valence-corrected chi connectivity index (χ2v) is 10.8. The van der Waals surface area contributed by atoms with Gasteiger partial charge in [-0.1, -0.05) is 12.1 Å². The van der Waals surface area contributed by atoms with E-state index in [1.165, 1.54) is 5.39 Å². The van der Waals surface area contributed by atoms with Crippen molar-refractivity contribution in [3.05, 3.63) is 36.4 Å². The van der Waals surface area contributed by atoms with E-state index in [2.05, 4.69) is 36.4 Å². The second kappa shape index (κ2) is 11.0. The van der Waals surface area contributed by atoms with E-state index in [0.717, 1.165) is 16.0 Å². The first-order valence-electron chi connectivity index (χ1n) is 9.97. The van der Waals surface area contributed by atoms with Crippen LogP contribution in [0, 0.1) is 0 Å². The third-order valence-electron chi connectivity index (χ3n) is 3.46. The minimum absolute atomic E-state index is 0.110. The van der Waals surface area contributed by atoms with Crippen LogP contribution in [0.2, 0.25) is 0 Å². The zero-order valence-electron chi connectivity index (χ0n) is 18.3. The van der Waals surface area contributed by atoms with Crippen molar-refractivity contribution in [1.29, 1.82) is 0 Å². The molecule has 0 aliphatic heterocycles. The fourth-order valence-electron chi connectivity index (χ4n) is 2.51. The number of benzene rings is 2. The molecule has 0 N–H and O–H groups in total. The summed E-state index contributed by atoms with van der Waals surface area (Å²) >= 11 is 0. The van der Waals surface area contributed by atoms with Crippen LogP contribution < -0.4 is 10.6 Å². The van der Waals surface area contributed by atoms with Gasteiger partial charge in [0.1, 0.15) is 0 Å². The lowest BCUT2D eigenvalue weighted by molar-refractivity contribution is 0.183. The molecular formula is C22H34O4P2. The van der Waals surface area contributed by atoms with E-state index in [4.69, 9.17) is 18.1 Å². The van der Waals surface area contributed by atoms with Gasteiger partial charge in [0.2, 0.25) is 16.8 Å². The van der Waals surface area contributed by atoms with E-state index in [0.29, 0.717) is 0 Å². The first-order valence-corrected chi connectivity index (χ1v) is 12.3. The highest BCUT2D eigenvalue weighted by Gasteiger charge is 2.20. The molecule has 0 amide bonds. The lowest BCUT2D eigenvalue weighted by Gasteiger charge is -2.23. The van der Waals surface area contributed by atoms with Crippen LogP contribution in [0.15, 0.2) is 36.4 Å². The molecule has 0 atom stereocenters. The summed E-state index contributed by atoms with van der Waals surface area (Å²) in [6.07, 6.45) is 0.439. The summed E-state index contributed by atoms with van der Waals surface area (Å²) in [5.74, 6) is 0. The molecule has 0 fully saturated rings. The van der Waals surface area contributed by atoms with E-state index >= 15 is 0 Å². The van der Waals surface area contributed by atoms with E-state index in [1.807, 2.05) is 55.4 Å². The highest BCUT2D eigenvalue weighted by Crippen LogP contribution is 2.42. The molecule has 0 aliphatic carbocycles. The molecule has 0 saturated carbocycles. The van der Waals surface area contributed by atoms with Crippen LogP contribution in [-0.4, -0.2) is 24.4 Å². The van der Waals surface area contributed by atoms with Gasteiger partial charge in [-0.2, -0.15) is 0 Å². The predicted molar refractivity (Wildman–Crippen MR) is 122 cm³/mol. The van der Waals surface area contributed by atoms with Gasteiger partial charge in [0.05, 0.1) is 24.4 Å². The summed E-state index contributed by atoms with van der Waals surface area (Å²) in [6, 6.07) is 12.8. The van der Waals surface area contributed by atoms with Gasteiger partial charge in [-0.25, -0.2) is 0 Å². The van der Waals surface area contributed by atoms with Gasteiger partial charge < -0.3 is 18.1 Å². The van der Waals surface area contributed by atoms with Crippen molar-refractivity contribution < 1.29 is 18.1 Å². The van der Waals surface area contributed by atoms with Gasteiger partial charge in [0, 0.05) is 10.6 Å². The van der Waals surface area contributed by atoms with E-state index < -0.39 is 16.8 Å². The van der Waals surface area contributed by atoms with E-state index in [9.17, 15) is 0 Å². The molecule has 28 heavy (non-hydrogen) atoms. The van der Waals surface area contributed by atoms with Crippen LogP contribution in [0.3, 0.4) is 0 Å². The monoisotopic (exact) mass is 424 g/mol. The van der Waals surface area contributed by atoms with Crippen LogP contribution in [-0.2, 0) is 18.1 Å². The molecule has 2 aromatic rings. The average molecular weight is 424 g/mol. The maximum absolute atomic E-state index is 6.08. The summed E-state index contributed by atoms with van der Waals surface area (Å²) in [4.78, 5) is 0. The molecule has 156 valence electrons. The Balaban J connectivity index is 2.39. The van der Waals surface area contributed by atoms with Gasteiger partial charge in [-0.05, 0) is 90.4 Å². The minimum atomic E-state index is -1.12. The first kappa shape index (κ1) is 23.7. The molecule has 4 nitrogen and oxygen atoms in total. The molecule has 0 unspecified atom stereocenters. The number of rotatable bonds is 10. The molecule has 0 aliphatic rings. The number of hydrogen-bond donors (Lipinski definition) is 0. The Bertz CT molecular complexity index is 668. The quantitative estimate of drug-likeness (QED) is 0.413. The summed E-state index contributed by atoms with van der Waals surface area (Å²) in [7, 11) is -2.24. The second-order valence-electron chi connectivity index (χ2n) is 7.85. The van der Waals surface area contributed by atoms with Crippen LogP contribution in [0.4, 0.5) is 0 Å². The lowest BCUT2D eigenvalue weighted by Crippen LogP contribution is -2.14. The van der Waals surface area contributed by atoms with Crippen molar-refractivity contribution >= 4 is 38.1 Å². The van der Waals surface area contributed by atoms with E-state index in [1.54, 1.807) is 0 Å². The topological polar surface area (TPSA) is 36.9 Å². The number of hydrogen-bond acceptors (Lipinski definition) is 4. The Morgan fingerprint density at radius 3 is 1.11 bits per heavy atom. The highest BCUT2D eigenvalue weighted by molar-refractivity contribution is 7.56. The molecule has 0 spiro atoms. The molecule has 0 radical (unpaired) electrons. The fourth-order valence-corrected chi connectivity index (χ4v) is 5.51. The highest BCUT2D eigenvalue weighted by atomic mass is 31.2. The summed E-state index contributed by atoms with van der Waals surface area (Å²) < 4.78 is 24.3. The van der Waals surface area contributed by atoms with Crippen molar-refractivity contribution in [1.82, 2.24) is 0 Å². The smallest absolute Gasteiger partial charge is 0.205 e. The Hall–Kier alpha value is -0.600. The van der Waals surface area contributed by atoms with Crippen molar-refractivity contribution in [2.45, 2.75) is 79.8 Å². The predicted octanol–water partition coefficient (Wildman–Crippen LogP) is 6.41. The van der Waals surface area contributed by atoms with Crippen molar-refractivity contribution in [3.63, 3.8) is 0 Å². The van der Waals surface area contributed by atoms with E-state index in [-0.39, 0.29) is 24.4 Å². The zero-order chi connectivity index (χ0) is 20.8. The molecule has 0 aromatic heterocycles. The third-order valence-corrected chi connectivity index (χ3v) is 7.31. The average Bonchev–Trinajstić information content (AvgIpc) is 2.58. The maximum atomic E-state index is 6.08. The Kier molecular flexibility index (Phi) is 9.28. The zero-order valence-corrected chi connectivity index (χ0v) is 20.1. The number of fused-ring (bicyclic) bond motifs is 1. The minimum Gasteiger partial charge on any atom is -0.328 e. The van der Waals surface area contributed by atoms with Crippen LogP contribution in [0.25, 0.3) is 10.8 Å².